The molecule has 3 N–H and O–H groups in total. The van der Waals surface area contributed by atoms with Gasteiger partial charge in [0, 0.05) is 9.86 Å². The largest absolute Gasteiger partial charge is 0.480 e. The molecule has 0 radical (unpaired) electrons. The monoisotopic (exact) mass is 336 g/mol. The predicted octanol–water partition coefficient (Wildman–Crippen LogP) is 3.20. The Morgan fingerprint density at radius 2 is 1.80 bits per heavy atom. The summed E-state index contributed by atoms with van der Waals surface area (Å²) in [5, 5.41) is 15.6. The molecule has 2 aromatic rings. The van der Waals surface area contributed by atoms with Gasteiger partial charge in [0.1, 0.15) is 6.04 Å². The fourth-order valence-corrected chi connectivity index (χ4v) is 2.27. The van der Waals surface area contributed by atoms with Gasteiger partial charge in [-0.3, -0.25) is 4.79 Å². The van der Waals surface area contributed by atoms with Crippen LogP contribution in [0.3, 0.4) is 0 Å². The van der Waals surface area contributed by atoms with Crippen molar-refractivity contribution in [2.75, 3.05) is 5.32 Å². The van der Waals surface area contributed by atoms with Gasteiger partial charge in [-0.1, -0.05) is 40.2 Å². The molecule has 2 rings (SSSR count). The van der Waals surface area contributed by atoms with Gasteiger partial charge < -0.3 is 15.7 Å². The number of fused-ring (bicyclic) bond motifs is 1. The number of benzene rings is 2. The highest BCUT2D eigenvalue weighted by Gasteiger charge is 2.14. The first-order valence-electron chi connectivity index (χ1n) is 5.96. The lowest BCUT2D eigenvalue weighted by Crippen LogP contribution is -2.40. The summed E-state index contributed by atoms with van der Waals surface area (Å²) in [4.78, 5) is 22.5. The molecular weight excluding hydrogens is 324 g/mol. The smallest absolute Gasteiger partial charge is 0.325 e. The topological polar surface area (TPSA) is 78.4 Å². The molecule has 0 aliphatic heterocycles. The van der Waals surface area contributed by atoms with Crippen molar-refractivity contribution in [2.24, 2.45) is 0 Å². The molecule has 0 saturated carbocycles. The number of carbonyl (C=O) groups excluding carboxylic acids is 1. The molecule has 0 heterocycles. The van der Waals surface area contributed by atoms with Crippen molar-refractivity contribution in [3.05, 3.63) is 40.9 Å². The summed E-state index contributed by atoms with van der Waals surface area (Å²) < 4.78 is 0.929. The average molecular weight is 337 g/mol. The predicted molar refractivity (Wildman–Crippen MR) is 80.9 cm³/mol. The number of anilines is 1. The Bertz CT molecular complexity index is 673. The summed E-state index contributed by atoms with van der Waals surface area (Å²) in [7, 11) is 0. The minimum absolute atomic E-state index is 0.549. The van der Waals surface area contributed by atoms with Gasteiger partial charge >= 0.3 is 12.0 Å². The lowest BCUT2D eigenvalue weighted by molar-refractivity contribution is -0.138. The van der Waals surface area contributed by atoms with Crippen molar-refractivity contribution in [2.45, 2.75) is 13.0 Å². The second kappa shape index (κ2) is 5.92. The molecule has 0 bridgehead atoms. The molecule has 20 heavy (non-hydrogen) atoms. The molecule has 2 amide bonds. The van der Waals surface area contributed by atoms with Crippen LogP contribution >= 0.6 is 15.9 Å². The number of carboxylic acid groups (broad SMARTS) is 1. The van der Waals surface area contributed by atoms with E-state index in [0.717, 1.165) is 15.2 Å². The zero-order valence-electron chi connectivity index (χ0n) is 10.7. The van der Waals surface area contributed by atoms with Gasteiger partial charge in [0.15, 0.2) is 0 Å². The minimum atomic E-state index is -1.08. The Hall–Kier alpha value is -2.08. The van der Waals surface area contributed by atoms with Gasteiger partial charge in [0.2, 0.25) is 0 Å². The molecule has 0 aliphatic rings. The number of aliphatic carboxylic acids is 1. The highest BCUT2D eigenvalue weighted by atomic mass is 79.9. The number of carboxylic acids is 1. The quantitative estimate of drug-likeness (QED) is 0.805. The second-order valence-electron chi connectivity index (χ2n) is 4.30. The van der Waals surface area contributed by atoms with Gasteiger partial charge in [-0.2, -0.15) is 0 Å². The Labute approximate surface area is 124 Å². The maximum Gasteiger partial charge on any atom is 0.325 e. The van der Waals surface area contributed by atoms with Crippen LogP contribution in [0.4, 0.5) is 10.5 Å². The highest BCUT2D eigenvalue weighted by Crippen LogP contribution is 2.29. The van der Waals surface area contributed by atoms with E-state index >= 15 is 0 Å². The van der Waals surface area contributed by atoms with Gasteiger partial charge in [0.05, 0.1) is 5.69 Å². The number of carbonyl (C=O) groups is 2. The lowest BCUT2D eigenvalue weighted by Gasteiger charge is -2.13. The third-order valence-corrected chi connectivity index (χ3v) is 3.53. The molecule has 5 nitrogen and oxygen atoms in total. The number of urea groups is 1. The van der Waals surface area contributed by atoms with Crippen LogP contribution in [0.25, 0.3) is 10.8 Å². The SMILES string of the molecule is CC(NC(=O)Nc1ccc(Br)c2ccccc12)C(=O)O. The van der Waals surface area contributed by atoms with Crippen molar-refractivity contribution < 1.29 is 14.7 Å². The number of rotatable bonds is 3. The fourth-order valence-electron chi connectivity index (χ4n) is 1.79. The number of hydrogen-bond acceptors (Lipinski definition) is 2. The van der Waals surface area contributed by atoms with Crippen LogP contribution in [0, 0.1) is 0 Å². The zero-order valence-corrected chi connectivity index (χ0v) is 12.3. The molecule has 0 spiro atoms. The molecule has 2 aromatic carbocycles. The zero-order chi connectivity index (χ0) is 14.7. The number of amides is 2. The van der Waals surface area contributed by atoms with E-state index in [1.807, 2.05) is 30.3 Å². The van der Waals surface area contributed by atoms with Gasteiger partial charge in [-0.05, 0) is 24.4 Å². The van der Waals surface area contributed by atoms with E-state index in [1.54, 1.807) is 6.07 Å². The van der Waals surface area contributed by atoms with Gasteiger partial charge in [-0.25, -0.2) is 4.79 Å². The summed E-state index contributed by atoms with van der Waals surface area (Å²) in [6, 6.07) is 9.69. The van der Waals surface area contributed by atoms with Crippen LogP contribution in [-0.4, -0.2) is 23.1 Å². The second-order valence-corrected chi connectivity index (χ2v) is 5.15. The van der Waals surface area contributed by atoms with E-state index in [0.29, 0.717) is 5.69 Å². The maximum absolute atomic E-state index is 11.8. The molecule has 1 atom stereocenters. The number of halogens is 1. The Morgan fingerprint density at radius 3 is 2.45 bits per heavy atom. The van der Waals surface area contributed by atoms with E-state index in [-0.39, 0.29) is 0 Å². The van der Waals surface area contributed by atoms with Crippen LogP contribution in [0.5, 0.6) is 0 Å². The van der Waals surface area contributed by atoms with Crippen LogP contribution in [0.15, 0.2) is 40.9 Å². The minimum Gasteiger partial charge on any atom is -0.480 e. The number of nitrogens with one attached hydrogen (secondary N) is 2. The standard InChI is InChI=1S/C14H13BrN2O3/c1-8(13(18)19)16-14(20)17-12-7-6-11(15)9-4-2-3-5-10(9)12/h2-8H,1H3,(H,18,19)(H2,16,17,20). The molecule has 104 valence electrons. The van der Waals surface area contributed by atoms with Gasteiger partial charge in [-0.15, -0.1) is 0 Å². The Kier molecular flexibility index (Phi) is 4.24. The van der Waals surface area contributed by atoms with Crippen molar-refractivity contribution in [3.63, 3.8) is 0 Å². The van der Waals surface area contributed by atoms with E-state index in [1.165, 1.54) is 6.92 Å². The molecule has 0 aromatic heterocycles. The number of hydrogen-bond donors (Lipinski definition) is 3. The summed E-state index contributed by atoms with van der Waals surface area (Å²) in [5.74, 6) is -1.08. The lowest BCUT2D eigenvalue weighted by atomic mass is 10.1. The molecular formula is C14H13BrN2O3. The Morgan fingerprint density at radius 1 is 1.15 bits per heavy atom. The van der Waals surface area contributed by atoms with Crippen LogP contribution < -0.4 is 10.6 Å². The van der Waals surface area contributed by atoms with Crippen LogP contribution in [0.1, 0.15) is 6.92 Å². The van der Waals surface area contributed by atoms with E-state index in [4.69, 9.17) is 5.11 Å². The highest BCUT2D eigenvalue weighted by molar-refractivity contribution is 9.10. The first-order chi connectivity index (χ1) is 9.49. The van der Waals surface area contributed by atoms with Crippen molar-refractivity contribution >= 4 is 44.4 Å². The molecule has 6 heteroatoms. The first kappa shape index (κ1) is 14.3. The van der Waals surface area contributed by atoms with Crippen molar-refractivity contribution in [1.29, 1.82) is 0 Å². The summed E-state index contributed by atoms with van der Waals surface area (Å²) in [5.41, 5.74) is 0.624. The maximum atomic E-state index is 11.8. The van der Waals surface area contributed by atoms with E-state index in [2.05, 4.69) is 26.6 Å². The van der Waals surface area contributed by atoms with E-state index < -0.39 is 18.0 Å². The van der Waals surface area contributed by atoms with Crippen LogP contribution in [-0.2, 0) is 4.79 Å². The normalized spacial score (nSPS) is 11.9. The average Bonchev–Trinajstić information content (AvgIpc) is 2.42. The summed E-state index contributed by atoms with van der Waals surface area (Å²) in [6.07, 6.45) is 0. The third kappa shape index (κ3) is 3.08. The summed E-state index contributed by atoms with van der Waals surface area (Å²) >= 11 is 3.45. The fraction of sp³-hybridized carbons (Fsp3) is 0.143. The molecule has 0 aliphatic carbocycles. The van der Waals surface area contributed by atoms with Crippen molar-refractivity contribution in [3.8, 4) is 0 Å². The molecule has 0 fully saturated rings. The van der Waals surface area contributed by atoms with Gasteiger partial charge in [0.25, 0.3) is 0 Å². The third-order valence-electron chi connectivity index (χ3n) is 2.84. The Balaban J connectivity index is 2.24. The van der Waals surface area contributed by atoms with Crippen molar-refractivity contribution in [1.82, 2.24) is 5.32 Å². The van der Waals surface area contributed by atoms with E-state index in [9.17, 15) is 9.59 Å². The molecule has 1 unspecified atom stereocenters. The van der Waals surface area contributed by atoms with Crippen LogP contribution in [0.2, 0.25) is 0 Å². The summed E-state index contributed by atoms with van der Waals surface area (Å²) in [6.45, 7) is 1.40. The first-order valence-corrected chi connectivity index (χ1v) is 6.76. The molecule has 0 saturated heterocycles.